The lowest BCUT2D eigenvalue weighted by atomic mass is 10.0. The molecule has 2 rings (SSSR count). The fourth-order valence-corrected chi connectivity index (χ4v) is 2.07. The topological polar surface area (TPSA) is 68.8 Å². The van der Waals surface area contributed by atoms with Crippen molar-refractivity contribution in [2.24, 2.45) is 12.9 Å². The van der Waals surface area contributed by atoms with Gasteiger partial charge in [-0.25, -0.2) is 4.98 Å². The van der Waals surface area contributed by atoms with Gasteiger partial charge in [-0.1, -0.05) is 29.8 Å². The Kier molecular flexibility index (Phi) is 4.65. The van der Waals surface area contributed by atoms with Gasteiger partial charge in [0, 0.05) is 19.5 Å². The van der Waals surface area contributed by atoms with Crippen molar-refractivity contribution in [3.05, 3.63) is 47.5 Å². The van der Waals surface area contributed by atoms with Crippen LogP contribution in [0.5, 0.6) is 0 Å². The number of nitrogens with one attached hydrogen (secondary N) is 1. The number of benzene rings is 1. The SMILES string of the molecule is Cc1ccc(CCC(Cc2ncnn2C)NN)cc1. The lowest BCUT2D eigenvalue weighted by molar-refractivity contribution is 0.473. The molecule has 0 bridgehead atoms. The molecule has 0 radical (unpaired) electrons. The van der Waals surface area contributed by atoms with Crippen LogP contribution in [0.25, 0.3) is 0 Å². The molecular formula is C14H21N5. The van der Waals surface area contributed by atoms with Crippen molar-refractivity contribution < 1.29 is 0 Å². The van der Waals surface area contributed by atoms with Crippen LogP contribution in [0.1, 0.15) is 23.4 Å². The van der Waals surface area contributed by atoms with Crippen LogP contribution < -0.4 is 11.3 Å². The molecule has 0 aliphatic rings. The lowest BCUT2D eigenvalue weighted by Crippen LogP contribution is -2.37. The van der Waals surface area contributed by atoms with E-state index in [0.29, 0.717) is 0 Å². The Labute approximate surface area is 113 Å². The molecule has 0 aliphatic carbocycles. The molecule has 1 unspecified atom stereocenters. The number of aryl methyl sites for hydroxylation is 3. The average Bonchev–Trinajstić information content (AvgIpc) is 2.82. The number of hydrogen-bond donors (Lipinski definition) is 2. The largest absolute Gasteiger partial charge is 0.271 e. The summed E-state index contributed by atoms with van der Waals surface area (Å²) >= 11 is 0. The minimum absolute atomic E-state index is 0.212. The first kappa shape index (κ1) is 13.7. The minimum Gasteiger partial charge on any atom is -0.271 e. The quantitative estimate of drug-likeness (QED) is 0.603. The van der Waals surface area contributed by atoms with Gasteiger partial charge in [-0.3, -0.25) is 16.0 Å². The van der Waals surface area contributed by atoms with Gasteiger partial charge in [0.25, 0.3) is 0 Å². The number of nitrogens with zero attached hydrogens (tertiary/aromatic N) is 3. The van der Waals surface area contributed by atoms with E-state index in [9.17, 15) is 0 Å². The summed E-state index contributed by atoms with van der Waals surface area (Å²) < 4.78 is 1.79. The number of rotatable bonds is 6. The van der Waals surface area contributed by atoms with Crippen LogP contribution in [0.15, 0.2) is 30.6 Å². The Balaban J connectivity index is 1.89. The van der Waals surface area contributed by atoms with E-state index in [-0.39, 0.29) is 6.04 Å². The summed E-state index contributed by atoms with van der Waals surface area (Å²) in [6, 6.07) is 8.84. The first-order valence-corrected chi connectivity index (χ1v) is 6.53. The first-order valence-electron chi connectivity index (χ1n) is 6.53. The maximum Gasteiger partial charge on any atom is 0.138 e. The summed E-state index contributed by atoms with van der Waals surface area (Å²) in [5, 5.41) is 4.07. The highest BCUT2D eigenvalue weighted by atomic mass is 15.3. The van der Waals surface area contributed by atoms with E-state index in [1.165, 1.54) is 11.1 Å². The zero-order chi connectivity index (χ0) is 13.7. The Morgan fingerprint density at radius 1 is 1.32 bits per heavy atom. The second kappa shape index (κ2) is 6.45. The van der Waals surface area contributed by atoms with Gasteiger partial charge in [0.1, 0.15) is 12.2 Å². The molecule has 1 heterocycles. The van der Waals surface area contributed by atoms with Crippen molar-refractivity contribution in [3.63, 3.8) is 0 Å². The van der Waals surface area contributed by atoms with Gasteiger partial charge in [0.15, 0.2) is 0 Å². The zero-order valence-electron chi connectivity index (χ0n) is 11.5. The molecule has 0 aliphatic heterocycles. The molecule has 1 aromatic heterocycles. The van der Waals surface area contributed by atoms with Crippen LogP contribution in [-0.2, 0) is 19.9 Å². The normalized spacial score (nSPS) is 12.6. The van der Waals surface area contributed by atoms with Crippen molar-refractivity contribution in [2.45, 2.75) is 32.2 Å². The lowest BCUT2D eigenvalue weighted by Gasteiger charge is -2.15. The molecule has 5 heteroatoms. The van der Waals surface area contributed by atoms with Crippen molar-refractivity contribution in [1.82, 2.24) is 20.2 Å². The predicted molar refractivity (Wildman–Crippen MR) is 75.3 cm³/mol. The smallest absolute Gasteiger partial charge is 0.138 e. The molecule has 19 heavy (non-hydrogen) atoms. The number of aromatic nitrogens is 3. The van der Waals surface area contributed by atoms with Crippen LogP contribution >= 0.6 is 0 Å². The van der Waals surface area contributed by atoms with E-state index < -0.39 is 0 Å². The summed E-state index contributed by atoms with van der Waals surface area (Å²) in [7, 11) is 1.90. The highest BCUT2D eigenvalue weighted by Gasteiger charge is 2.11. The van der Waals surface area contributed by atoms with Crippen LogP contribution in [0.3, 0.4) is 0 Å². The van der Waals surface area contributed by atoms with Crippen molar-refractivity contribution in [3.8, 4) is 0 Å². The van der Waals surface area contributed by atoms with Gasteiger partial charge in [-0.15, -0.1) is 0 Å². The predicted octanol–water partition coefficient (Wildman–Crippen LogP) is 1.13. The van der Waals surface area contributed by atoms with E-state index in [4.69, 9.17) is 5.84 Å². The molecular weight excluding hydrogens is 238 g/mol. The van der Waals surface area contributed by atoms with Gasteiger partial charge >= 0.3 is 0 Å². The van der Waals surface area contributed by atoms with Gasteiger partial charge in [-0.05, 0) is 25.3 Å². The van der Waals surface area contributed by atoms with Gasteiger partial charge < -0.3 is 0 Å². The van der Waals surface area contributed by atoms with E-state index in [0.717, 1.165) is 25.1 Å². The highest BCUT2D eigenvalue weighted by Crippen LogP contribution is 2.09. The third kappa shape index (κ3) is 3.87. The molecule has 0 spiro atoms. The number of hydrogen-bond acceptors (Lipinski definition) is 4. The van der Waals surface area contributed by atoms with Crippen LogP contribution in [0.4, 0.5) is 0 Å². The molecule has 3 N–H and O–H groups in total. The molecule has 5 nitrogen and oxygen atoms in total. The molecule has 1 aromatic carbocycles. The molecule has 102 valence electrons. The summed E-state index contributed by atoms with van der Waals surface area (Å²) in [5.74, 6) is 6.57. The standard InChI is InChI=1S/C14H21N5/c1-11-3-5-12(6-4-11)7-8-13(18-15)9-14-16-10-17-19(14)2/h3-6,10,13,18H,7-9,15H2,1-2H3. The summed E-state index contributed by atoms with van der Waals surface area (Å²) in [5.41, 5.74) is 5.49. The second-order valence-corrected chi connectivity index (χ2v) is 4.89. The Hall–Kier alpha value is -1.72. The van der Waals surface area contributed by atoms with Gasteiger partial charge in [0.05, 0.1) is 0 Å². The molecule has 0 amide bonds. The van der Waals surface area contributed by atoms with E-state index in [1.54, 1.807) is 11.0 Å². The van der Waals surface area contributed by atoms with Crippen molar-refractivity contribution in [1.29, 1.82) is 0 Å². The second-order valence-electron chi connectivity index (χ2n) is 4.89. The van der Waals surface area contributed by atoms with Crippen LogP contribution in [0.2, 0.25) is 0 Å². The molecule has 0 saturated heterocycles. The molecule has 0 fully saturated rings. The van der Waals surface area contributed by atoms with Crippen LogP contribution in [0, 0.1) is 6.92 Å². The first-order chi connectivity index (χ1) is 9.19. The molecule has 1 atom stereocenters. The van der Waals surface area contributed by atoms with E-state index in [1.807, 2.05) is 7.05 Å². The minimum atomic E-state index is 0.212. The van der Waals surface area contributed by atoms with E-state index >= 15 is 0 Å². The van der Waals surface area contributed by atoms with Gasteiger partial charge in [0.2, 0.25) is 0 Å². The Morgan fingerprint density at radius 3 is 2.63 bits per heavy atom. The fraction of sp³-hybridized carbons (Fsp3) is 0.429. The van der Waals surface area contributed by atoms with Crippen LogP contribution in [-0.4, -0.2) is 20.8 Å². The third-order valence-electron chi connectivity index (χ3n) is 3.37. The third-order valence-corrected chi connectivity index (χ3v) is 3.37. The summed E-state index contributed by atoms with van der Waals surface area (Å²) in [6.45, 7) is 2.10. The maximum atomic E-state index is 5.62. The molecule has 2 aromatic rings. The monoisotopic (exact) mass is 259 g/mol. The maximum absolute atomic E-state index is 5.62. The summed E-state index contributed by atoms with van der Waals surface area (Å²) in [4.78, 5) is 4.23. The molecule has 0 saturated carbocycles. The zero-order valence-corrected chi connectivity index (χ0v) is 11.5. The highest BCUT2D eigenvalue weighted by molar-refractivity contribution is 5.21. The Bertz CT molecular complexity index is 503. The van der Waals surface area contributed by atoms with Gasteiger partial charge in [-0.2, -0.15) is 5.10 Å². The van der Waals surface area contributed by atoms with E-state index in [2.05, 4.69) is 46.7 Å². The number of hydrazine groups is 1. The summed E-state index contributed by atoms with van der Waals surface area (Å²) in [6.07, 6.45) is 4.35. The number of nitrogens with two attached hydrogens (primary N) is 1. The Morgan fingerprint density at radius 2 is 2.05 bits per heavy atom. The average molecular weight is 259 g/mol. The van der Waals surface area contributed by atoms with Crippen molar-refractivity contribution >= 4 is 0 Å². The van der Waals surface area contributed by atoms with Crippen molar-refractivity contribution in [2.75, 3.05) is 0 Å². The fourth-order valence-electron chi connectivity index (χ4n) is 2.07.